The van der Waals surface area contributed by atoms with E-state index in [0.29, 0.717) is 30.8 Å². The monoisotopic (exact) mass is 351 g/mol. The van der Waals surface area contributed by atoms with Crippen LogP contribution >= 0.6 is 0 Å². The number of para-hydroxylation sites is 1. The molecular weight excluding hydrogens is 326 g/mol. The van der Waals surface area contributed by atoms with Gasteiger partial charge in [-0.05, 0) is 49.9 Å². The zero-order valence-electron chi connectivity index (χ0n) is 15.2. The number of ketones is 1. The van der Waals surface area contributed by atoms with Crippen molar-refractivity contribution in [1.82, 2.24) is 0 Å². The van der Waals surface area contributed by atoms with Crippen LogP contribution < -0.4 is 10.1 Å². The van der Waals surface area contributed by atoms with Crippen LogP contribution in [0, 0.1) is 0 Å². The Kier molecular flexibility index (Phi) is 7.62. The second-order valence-corrected chi connectivity index (χ2v) is 6.07. The third-order valence-corrected chi connectivity index (χ3v) is 3.97. The van der Waals surface area contributed by atoms with Crippen molar-refractivity contribution in [1.29, 1.82) is 0 Å². The molecular formula is C22H25NO3. The molecule has 0 saturated carbocycles. The Labute approximate surface area is 154 Å². The summed E-state index contributed by atoms with van der Waals surface area (Å²) in [4.78, 5) is 23.5. The van der Waals surface area contributed by atoms with E-state index in [1.165, 1.54) is 6.92 Å². The van der Waals surface area contributed by atoms with E-state index in [0.717, 1.165) is 24.1 Å². The number of ether oxygens (including phenoxy) is 1. The van der Waals surface area contributed by atoms with Gasteiger partial charge in [0.2, 0.25) is 5.91 Å². The lowest BCUT2D eigenvalue weighted by Crippen LogP contribution is -2.14. The number of carbonyl (C=O) groups is 2. The number of rotatable bonds is 10. The number of hydrogen-bond donors (Lipinski definition) is 1. The van der Waals surface area contributed by atoms with Gasteiger partial charge in [0.25, 0.3) is 0 Å². The zero-order chi connectivity index (χ0) is 18.8. The van der Waals surface area contributed by atoms with Gasteiger partial charge in [0.15, 0.2) is 5.78 Å². The number of Topliss-reactive ketones (excluding diaryl/α,β-unsaturated/α-hetero) is 1. The standard InChI is InChI=1S/C22H25NO3/c1-3-4-9-18-10-5-6-13-21(18)23-22(25)14-8-15-26-20-12-7-11-19(16-20)17(2)24/h3,5-7,10-13,16H,1,4,8-9,14-15H2,2H3,(H,23,25). The summed E-state index contributed by atoms with van der Waals surface area (Å²) in [6.07, 6.45) is 4.58. The molecule has 4 heteroatoms. The Balaban J connectivity index is 1.78. The highest BCUT2D eigenvalue weighted by molar-refractivity contribution is 5.94. The first-order valence-corrected chi connectivity index (χ1v) is 8.82. The third kappa shape index (κ3) is 6.20. The minimum absolute atomic E-state index is 0.00458. The molecule has 0 aliphatic rings. The number of hydrogen-bond acceptors (Lipinski definition) is 3. The van der Waals surface area contributed by atoms with Crippen LogP contribution in [0.25, 0.3) is 0 Å². The maximum Gasteiger partial charge on any atom is 0.224 e. The fraction of sp³-hybridized carbons (Fsp3) is 0.273. The summed E-state index contributed by atoms with van der Waals surface area (Å²) in [5, 5.41) is 2.97. The highest BCUT2D eigenvalue weighted by Crippen LogP contribution is 2.18. The fourth-order valence-electron chi connectivity index (χ4n) is 2.56. The molecule has 1 N–H and O–H groups in total. The topological polar surface area (TPSA) is 55.4 Å². The summed E-state index contributed by atoms with van der Waals surface area (Å²) in [5.41, 5.74) is 2.59. The summed E-state index contributed by atoms with van der Waals surface area (Å²) >= 11 is 0. The van der Waals surface area contributed by atoms with Crippen molar-refractivity contribution < 1.29 is 14.3 Å². The normalized spacial score (nSPS) is 10.2. The lowest BCUT2D eigenvalue weighted by Gasteiger charge is -2.11. The van der Waals surface area contributed by atoms with Gasteiger partial charge in [-0.15, -0.1) is 6.58 Å². The largest absolute Gasteiger partial charge is 0.494 e. The van der Waals surface area contributed by atoms with E-state index in [1.54, 1.807) is 18.2 Å². The molecule has 0 bridgehead atoms. The van der Waals surface area contributed by atoms with Gasteiger partial charge in [-0.3, -0.25) is 9.59 Å². The van der Waals surface area contributed by atoms with Crippen molar-refractivity contribution in [3.05, 3.63) is 72.3 Å². The van der Waals surface area contributed by atoms with E-state index in [4.69, 9.17) is 4.74 Å². The number of nitrogens with one attached hydrogen (secondary N) is 1. The summed E-state index contributed by atoms with van der Waals surface area (Å²) in [6, 6.07) is 14.9. The molecule has 0 aromatic heterocycles. The quantitative estimate of drug-likeness (QED) is 0.380. The Morgan fingerprint density at radius 3 is 2.73 bits per heavy atom. The van der Waals surface area contributed by atoms with Gasteiger partial charge in [-0.2, -0.15) is 0 Å². The van der Waals surface area contributed by atoms with Crippen LogP contribution in [0.5, 0.6) is 5.75 Å². The lowest BCUT2D eigenvalue weighted by atomic mass is 10.1. The van der Waals surface area contributed by atoms with Gasteiger partial charge in [-0.1, -0.05) is 36.4 Å². The van der Waals surface area contributed by atoms with Crippen molar-refractivity contribution in [3.8, 4) is 5.75 Å². The Morgan fingerprint density at radius 1 is 1.15 bits per heavy atom. The number of allylic oxidation sites excluding steroid dienone is 1. The molecule has 0 heterocycles. The van der Waals surface area contributed by atoms with Gasteiger partial charge in [0, 0.05) is 17.7 Å². The highest BCUT2D eigenvalue weighted by Gasteiger charge is 2.07. The molecule has 136 valence electrons. The molecule has 0 aliphatic carbocycles. The van der Waals surface area contributed by atoms with E-state index >= 15 is 0 Å². The minimum atomic E-state index is -0.0304. The van der Waals surface area contributed by atoms with Crippen molar-refractivity contribution in [3.63, 3.8) is 0 Å². The van der Waals surface area contributed by atoms with Crippen molar-refractivity contribution in [2.75, 3.05) is 11.9 Å². The number of anilines is 1. The molecule has 1 amide bonds. The van der Waals surface area contributed by atoms with Gasteiger partial charge < -0.3 is 10.1 Å². The van der Waals surface area contributed by atoms with E-state index in [2.05, 4.69) is 11.9 Å². The van der Waals surface area contributed by atoms with Crippen LogP contribution in [0.4, 0.5) is 5.69 Å². The molecule has 2 rings (SSSR count). The summed E-state index contributed by atoms with van der Waals surface area (Å²) < 4.78 is 5.63. The van der Waals surface area contributed by atoms with Crippen LogP contribution in [-0.2, 0) is 11.2 Å². The average molecular weight is 351 g/mol. The van der Waals surface area contributed by atoms with Crippen molar-refractivity contribution >= 4 is 17.4 Å². The number of carbonyl (C=O) groups excluding carboxylic acids is 2. The second kappa shape index (κ2) is 10.2. The first-order chi connectivity index (χ1) is 12.6. The van der Waals surface area contributed by atoms with Crippen molar-refractivity contribution in [2.45, 2.75) is 32.6 Å². The minimum Gasteiger partial charge on any atom is -0.494 e. The average Bonchev–Trinajstić information content (AvgIpc) is 2.65. The first kappa shape index (κ1) is 19.4. The smallest absolute Gasteiger partial charge is 0.224 e. The number of aryl methyl sites for hydroxylation is 1. The van der Waals surface area contributed by atoms with E-state index in [1.807, 2.05) is 36.4 Å². The molecule has 0 atom stereocenters. The van der Waals surface area contributed by atoms with Crippen LogP contribution in [0.2, 0.25) is 0 Å². The van der Waals surface area contributed by atoms with Gasteiger partial charge >= 0.3 is 0 Å². The Morgan fingerprint density at radius 2 is 1.96 bits per heavy atom. The predicted molar refractivity (Wildman–Crippen MR) is 105 cm³/mol. The molecule has 2 aromatic carbocycles. The summed E-state index contributed by atoms with van der Waals surface area (Å²) in [5.74, 6) is 0.620. The zero-order valence-corrected chi connectivity index (χ0v) is 15.2. The molecule has 0 saturated heterocycles. The first-order valence-electron chi connectivity index (χ1n) is 8.82. The second-order valence-electron chi connectivity index (χ2n) is 6.07. The molecule has 26 heavy (non-hydrogen) atoms. The summed E-state index contributed by atoms with van der Waals surface area (Å²) in [7, 11) is 0. The molecule has 0 aliphatic heterocycles. The van der Waals surface area contributed by atoms with Crippen molar-refractivity contribution in [2.24, 2.45) is 0 Å². The SMILES string of the molecule is C=CCCc1ccccc1NC(=O)CCCOc1cccc(C(C)=O)c1. The van der Waals surface area contributed by atoms with E-state index < -0.39 is 0 Å². The lowest BCUT2D eigenvalue weighted by molar-refractivity contribution is -0.116. The summed E-state index contributed by atoms with van der Waals surface area (Å²) in [6.45, 7) is 5.68. The van der Waals surface area contributed by atoms with Gasteiger partial charge in [-0.25, -0.2) is 0 Å². The van der Waals surface area contributed by atoms with Gasteiger partial charge in [0.05, 0.1) is 6.61 Å². The maximum atomic E-state index is 12.2. The van der Waals surface area contributed by atoms with E-state index in [-0.39, 0.29) is 11.7 Å². The van der Waals surface area contributed by atoms with Gasteiger partial charge in [0.1, 0.15) is 5.75 Å². The highest BCUT2D eigenvalue weighted by atomic mass is 16.5. The van der Waals surface area contributed by atoms with Crippen LogP contribution in [0.1, 0.15) is 42.1 Å². The molecule has 0 unspecified atom stereocenters. The van der Waals surface area contributed by atoms with Crippen LogP contribution in [0.15, 0.2) is 61.2 Å². The number of benzene rings is 2. The fourth-order valence-corrected chi connectivity index (χ4v) is 2.56. The van der Waals surface area contributed by atoms with Crippen LogP contribution in [-0.4, -0.2) is 18.3 Å². The molecule has 0 fully saturated rings. The Hall–Kier alpha value is -2.88. The van der Waals surface area contributed by atoms with Crippen LogP contribution in [0.3, 0.4) is 0 Å². The van der Waals surface area contributed by atoms with E-state index in [9.17, 15) is 9.59 Å². The molecule has 0 radical (unpaired) electrons. The molecule has 0 spiro atoms. The maximum absolute atomic E-state index is 12.2. The number of amides is 1. The molecule has 2 aromatic rings. The predicted octanol–water partition coefficient (Wildman–Crippen LogP) is 4.81. The molecule has 4 nitrogen and oxygen atoms in total. The third-order valence-electron chi connectivity index (χ3n) is 3.97. The Bertz CT molecular complexity index is 767.